The van der Waals surface area contributed by atoms with Gasteiger partial charge in [-0.1, -0.05) is 35.9 Å². The summed E-state index contributed by atoms with van der Waals surface area (Å²) in [5.41, 5.74) is 2.94. The van der Waals surface area contributed by atoms with E-state index in [1.807, 2.05) is 47.4 Å². The Labute approximate surface area is 129 Å². The van der Waals surface area contributed by atoms with Crippen LogP contribution in [0.5, 0.6) is 5.75 Å². The van der Waals surface area contributed by atoms with Gasteiger partial charge in [-0.15, -0.1) is 0 Å². The van der Waals surface area contributed by atoms with Crippen LogP contribution in [0.2, 0.25) is 5.02 Å². The fraction of sp³-hybridized carbons (Fsp3) is 0.235. The van der Waals surface area contributed by atoms with Gasteiger partial charge in [-0.3, -0.25) is 4.79 Å². The maximum atomic E-state index is 12.0. The summed E-state index contributed by atoms with van der Waals surface area (Å²) < 4.78 is 5.19. The van der Waals surface area contributed by atoms with E-state index in [0.717, 1.165) is 29.8 Å². The number of nitrogens with zero attached hydrogens (tertiary/aromatic N) is 1. The standard InChI is InChI=1S/C17H16ClNO2/c1-21-16-9-8-12(11-14(16)18)13-5-2-3-6-15(13)19-10-4-7-17(19)20/h2-3,5-6,8-9,11H,4,7,10H2,1H3. The maximum Gasteiger partial charge on any atom is 0.227 e. The Morgan fingerprint density at radius 3 is 2.67 bits per heavy atom. The van der Waals surface area contributed by atoms with Crippen molar-refractivity contribution in [2.24, 2.45) is 0 Å². The molecule has 0 radical (unpaired) electrons. The Kier molecular flexibility index (Phi) is 3.84. The molecule has 0 atom stereocenters. The van der Waals surface area contributed by atoms with Crippen LogP contribution in [0.25, 0.3) is 11.1 Å². The predicted octanol–water partition coefficient (Wildman–Crippen LogP) is 4.14. The molecule has 3 rings (SSSR count). The van der Waals surface area contributed by atoms with Crippen LogP contribution in [0, 0.1) is 0 Å². The van der Waals surface area contributed by atoms with Gasteiger partial charge in [0.2, 0.25) is 5.91 Å². The highest BCUT2D eigenvalue weighted by atomic mass is 35.5. The largest absolute Gasteiger partial charge is 0.495 e. The molecule has 4 heteroatoms. The molecule has 3 nitrogen and oxygen atoms in total. The fourth-order valence-corrected chi connectivity index (χ4v) is 2.95. The molecule has 0 aliphatic carbocycles. The molecule has 21 heavy (non-hydrogen) atoms. The van der Waals surface area contributed by atoms with Gasteiger partial charge in [0, 0.05) is 18.5 Å². The third kappa shape index (κ3) is 2.61. The molecule has 2 aromatic rings. The van der Waals surface area contributed by atoms with E-state index in [1.54, 1.807) is 7.11 Å². The minimum Gasteiger partial charge on any atom is -0.495 e. The number of amides is 1. The number of ether oxygens (including phenoxy) is 1. The van der Waals surface area contributed by atoms with E-state index in [4.69, 9.17) is 16.3 Å². The molecule has 0 N–H and O–H groups in total. The quantitative estimate of drug-likeness (QED) is 0.852. The van der Waals surface area contributed by atoms with Gasteiger partial charge in [0.1, 0.15) is 5.75 Å². The highest BCUT2D eigenvalue weighted by molar-refractivity contribution is 6.32. The van der Waals surface area contributed by atoms with E-state index >= 15 is 0 Å². The summed E-state index contributed by atoms with van der Waals surface area (Å²) in [6.45, 7) is 0.778. The second kappa shape index (κ2) is 5.78. The molecule has 1 aliphatic rings. The minimum atomic E-state index is 0.182. The van der Waals surface area contributed by atoms with Crippen LogP contribution >= 0.6 is 11.6 Å². The highest BCUT2D eigenvalue weighted by Gasteiger charge is 2.24. The van der Waals surface area contributed by atoms with Gasteiger partial charge in [0.05, 0.1) is 17.8 Å². The topological polar surface area (TPSA) is 29.5 Å². The normalized spacial score (nSPS) is 14.6. The first-order chi connectivity index (χ1) is 10.2. The number of carbonyl (C=O) groups is 1. The zero-order valence-corrected chi connectivity index (χ0v) is 12.6. The van der Waals surface area contributed by atoms with E-state index in [0.29, 0.717) is 17.2 Å². The Morgan fingerprint density at radius 1 is 1.19 bits per heavy atom. The van der Waals surface area contributed by atoms with Crippen molar-refractivity contribution in [3.63, 3.8) is 0 Å². The van der Waals surface area contributed by atoms with Crippen molar-refractivity contribution >= 4 is 23.2 Å². The van der Waals surface area contributed by atoms with Crippen LogP contribution in [0.3, 0.4) is 0 Å². The van der Waals surface area contributed by atoms with E-state index in [2.05, 4.69) is 0 Å². The first-order valence-corrected chi connectivity index (χ1v) is 7.32. The Morgan fingerprint density at radius 2 is 2.00 bits per heavy atom. The van der Waals surface area contributed by atoms with Crippen LogP contribution in [0.4, 0.5) is 5.69 Å². The molecular weight excluding hydrogens is 286 g/mol. The summed E-state index contributed by atoms with van der Waals surface area (Å²) in [4.78, 5) is 13.9. The van der Waals surface area contributed by atoms with E-state index in [9.17, 15) is 4.79 Å². The number of hydrogen-bond donors (Lipinski definition) is 0. The number of para-hydroxylation sites is 1. The van der Waals surface area contributed by atoms with Crippen molar-refractivity contribution in [2.75, 3.05) is 18.6 Å². The van der Waals surface area contributed by atoms with Crippen molar-refractivity contribution in [2.45, 2.75) is 12.8 Å². The van der Waals surface area contributed by atoms with Gasteiger partial charge in [-0.25, -0.2) is 0 Å². The van der Waals surface area contributed by atoms with E-state index < -0.39 is 0 Å². The molecule has 0 unspecified atom stereocenters. The fourth-order valence-electron chi connectivity index (χ4n) is 2.69. The Balaban J connectivity index is 2.06. The lowest BCUT2D eigenvalue weighted by Gasteiger charge is -2.20. The zero-order chi connectivity index (χ0) is 14.8. The van der Waals surface area contributed by atoms with Crippen molar-refractivity contribution in [3.05, 3.63) is 47.5 Å². The highest BCUT2D eigenvalue weighted by Crippen LogP contribution is 2.36. The van der Waals surface area contributed by atoms with Gasteiger partial charge < -0.3 is 9.64 Å². The second-order valence-corrected chi connectivity index (χ2v) is 5.42. The van der Waals surface area contributed by atoms with Crippen LogP contribution < -0.4 is 9.64 Å². The summed E-state index contributed by atoms with van der Waals surface area (Å²) >= 11 is 6.21. The molecule has 108 valence electrons. The summed E-state index contributed by atoms with van der Waals surface area (Å²) in [5, 5.41) is 0.567. The number of anilines is 1. The third-order valence-corrected chi connectivity index (χ3v) is 4.03. The molecule has 0 aromatic heterocycles. The number of benzene rings is 2. The number of halogens is 1. The average Bonchev–Trinajstić information content (AvgIpc) is 2.93. The minimum absolute atomic E-state index is 0.182. The molecule has 1 amide bonds. The number of rotatable bonds is 3. The third-order valence-electron chi connectivity index (χ3n) is 3.73. The summed E-state index contributed by atoms with van der Waals surface area (Å²) in [6.07, 6.45) is 1.54. The average molecular weight is 302 g/mol. The van der Waals surface area contributed by atoms with Gasteiger partial charge in [0.25, 0.3) is 0 Å². The molecule has 0 spiro atoms. The lowest BCUT2D eigenvalue weighted by molar-refractivity contribution is -0.117. The molecule has 0 bridgehead atoms. The molecule has 2 aromatic carbocycles. The summed E-state index contributed by atoms with van der Waals surface area (Å²) in [6, 6.07) is 13.6. The monoisotopic (exact) mass is 301 g/mol. The molecule has 0 saturated carbocycles. The Hall–Kier alpha value is -2.00. The number of carbonyl (C=O) groups excluding carboxylic acids is 1. The Bertz CT molecular complexity index is 684. The second-order valence-electron chi connectivity index (χ2n) is 5.02. The smallest absolute Gasteiger partial charge is 0.227 e. The van der Waals surface area contributed by atoms with Crippen molar-refractivity contribution < 1.29 is 9.53 Å². The predicted molar refractivity (Wildman–Crippen MR) is 85.0 cm³/mol. The van der Waals surface area contributed by atoms with Crippen molar-refractivity contribution in [1.82, 2.24) is 0 Å². The van der Waals surface area contributed by atoms with Crippen molar-refractivity contribution in [1.29, 1.82) is 0 Å². The lowest BCUT2D eigenvalue weighted by Crippen LogP contribution is -2.24. The summed E-state index contributed by atoms with van der Waals surface area (Å²) in [7, 11) is 1.59. The number of hydrogen-bond acceptors (Lipinski definition) is 2. The van der Waals surface area contributed by atoms with Crippen LogP contribution in [-0.4, -0.2) is 19.6 Å². The SMILES string of the molecule is COc1ccc(-c2ccccc2N2CCCC2=O)cc1Cl. The first kappa shape index (κ1) is 14.0. The first-order valence-electron chi connectivity index (χ1n) is 6.94. The molecule has 1 saturated heterocycles. The lowest BCUT2D eigenvalue weighted by atomic mass is 10.0. The van der Waals surface area contributed by atoms with Crippen LogP contribution in [0.1, 0.15) is 12.8 Å². The van der Waals surface area contributed by atoms with Gasteiger partial charge >= 0.3 is 0 Å². The van der Waals surface area contributed by atoms with Gasteiger partial charge in [-0.2, -0.15) is 0 Å². The molecule has 1 heterocycles. The number of methoxy groups -OCH3 is 1. The summed E-state index contributed by atoms with van der Waals surface area (Å²) in [5.74, 6) is 0.831. The van der Waals surface area contributed by atoms with Gasteiger partial charge in [-0.05, 0) is 30.2 Å². The van der Waals surface area contributed by atoms with Gasteiger partial charge in [0.15, 0.2) is 0 Å². The van der Waals surface area contributed by atoms with Crippen molar-refractivity contribution in [3.8, 4) is 16.9 Å². The molecule has 1 fully saturated rings. The molecular formula is C17H16ClNO2. The zero-order valence-electron chi connectivity index (χ0n) is 11.8. The maximum absolute atomic E-state index is 12.0. The van der Waals surface area contributed by atoms with E-state index in [-0.39, 0.29) is 5.91 Å². The van der Waals surface area contributed by atoms with Crippen LogP contribution in [-0.2, 0) is 4.79 Å². The van der Waals surface area contributed by atoms with E-state index in [1.165, 1.54) is 0 Å². The van der Waals surface area contributed by atoms with Crippen LogP contribution in [0.15, 0.2) is 42.5 Å². The molecule has 1 aliphatic heterocycles.